The maximum atomic E-state index is 6.14. The molecule has 1 fully saturated rings. The molecule has 90 valence electrons. The number of nitrogens with two attached hydrogens (primary N) is 1. The van der Waals surface area contributed by atoms with Crippen LogP contribution in [0.25, 0.3) is 11.6 Å². The summed E-state index contributed by atoms with van der Waals surface area (Å²) in [6.45, 7) is 1.98. The molecule has 2 N–H and O–H groups in total. The van der Waals surface area contributed by atoms with Crippen molar-refractivity contribution in [3.63, 3.8) is 0 Å². The van der Waals surface area contributed by atoms with Gasteiger partial charge in [0.05, 0.1) is 5.54 Å². The number of aromatic nitrogens is 4. The fraction of sp³-hybridized carbons (Fsp3) is 0.545. The van der Waals surface area contributed by atoms with E-state index in [2.05, 4.69) is 15.2 Å². The lowest BCUT2D eigenvalue weighted by Crippen LogP contribution is -2.44. The van der Waals surface area contributed by atoms with E-state index >= 15 is 0 Å². The molecule has 2 aromatic heterocycles. The lowest BCUT2D eigenvalue weighted by atomic mass is 9.77. The van der Waals surface area contributed by atoms with Crippen LogP contribution in [-0.4, -0.2) is 19.9 Å². The van der Waals surface area contributed by atoms with E-state index in [0.717, 1.165) is 25.0 Å². The summed E-state index contributed by atoms with van der Waals surface area (Å²) in [5, 5.41) is 8.26. The van der Waals surface area contributed by atoms with Gasteiger partial charge in [0.1, 0.15) is 0 Å². The van der Waals surface area contributed by atoms with Gasteiger partial charge in [0.2, 0.25) is 0 Å². The van der Waals surface area contributed by atoms with E-state index in [-0.39, 0.29) is 5.54 Å². The predicted octanol–water partition coefficient (Wildman–Crippen LogP) is 1.12. The molecule has 0 radical (unpaired) electrons. The maximum absolute atomic E-state index is 6.14. The van der Waals surface area contributed by atoms with Crippen LogP contribution in [0.3, 0.4) is 0 Å². The Morgan fingerprint density at radius 1 is 1.47 bits per heavy atom. The topological polar surface area (TPSA) is 82.8 Å². The summed E-state index contributed by atoms with van der Waals surface area (Å²) in [6.07, 6.45) is 2.98. The van der Waals surface area contributed by atoms with Gasteiger partial charge >= 0.3 is 0 Å². The molecule has 0 unspecified atom stereocenters. The molecule has 6 heteroatoms. The molecule has 0 aromatic carbocycles. The Balaban J connectivity index is 1.94. The van der Waals surface area contributed by atoms with E-state index < -0.39 is 0 Å². The van der Waals surface area contributed by atoms with E-state index in [1.165, 1.54) is 0 Å². The SMILES string of the molecule is Cc1cc(-c2nc(C3(N)CCC3)no2)nn1C. The zero-order chi connectivity index (χ0) is 12.0. The third kappa shape index (κ3) is 1.56. The minimum atomic E-state index is -0.383. The largest absolute Gasteiger partial charge is 0.332 e. The predicted molar refractivity (Wildman–Crippen MR) is 61.0 cm³/mol. The summed E-state index contributed by atoms with van der Waals surface area (Å²) < 4.78 is 7.00. The van der Waals surface area contributed by atoms with Gasteiger partial charge in [-0.3, -0.25) is 4.68 Å². The first-order chi connectivity index (χ1) is 8.08. The Kier molecular flexibility index (Phi) is 2.09. The quantitative estimate of drug-likeness (QED) is 0.840. The van der Waals surface area contributed by atoms with Crippen molar-refractivity contribution in [2.24, 2.45) is 12.8 Å². The molecular formula is C11H15N5O. The second kappa shape index (κ2) is 3.40. The Morgan fingerprint density at radius 3 is 2.76 bits per heavy atom. The molecule has 1 saturated carbocycles. The van der Waals surface area contributed by atoms with Crippen LogP contribution in [0.15, 0.2) is 10.6 Å². The molecule has 0 aliphatic heterocycles. The van der Waals surface area contributed by atoms with Crippen molar-refractivity contribution >= 4 is 0 Å². The van der Waals surface area contributed by atoms with Crippen molar-refractivity contribution in [3.05, 3.63) is 17.6 Å². The van der Waals surface area contributed by atoms with Crippen molar-refractivity contribution in [3.8, 4) is 11.6 Å². The molecule has 2 heterocycles. The van der Waals surface area contributed by atoms with Gasteiger partial charge in [0.25, 0.3) is 5.89 Å². The molecule has 0 saturated heterocycles. The summed E-state index contributed by atoms with van der Waals surface area (Å²) in [4.78, 5) is 4.35. The highest BCUT2D eigenvalue weighted by Crippen LogP contribution is 2.37. The Bertz CT molecular complexity index is 532. The molecule has 0 atom stereocenters. The van der Waals surface area contributed by atoms with Gasteiger partial charge in [-0.2, -0.15) is 10.1 Å². The zero-order valence-corrected chi connectivity index (χ0v) is 9.97. The van der Waals surface area contributed by atoms with Crippen LogP contribution in [0.2, 0.25) is 0 Å². The molecule has 3 rings (SSSR count). The van der Waals surface area contributed by atoms with E-state index in [1.54, 1.807) is 4.68 Å². The minimum absolute atomic E-state index is 0.383. The van der Waals surface area contributed by atoms with Crippen LogP contribution in [0.1, 0.15) is 30.8 Å². The van der Waals surface area contributed by atoms with Crippen molar-refractivity contribution in [1.29, 1.82) is 0 Å². The first-order valence-corrected chi connectivity index (χ1v) is 5.73. The normalized spacial score (nSPS) is 18.1. The average molecular weight is 233 g/mol. The monoisotopic (exact) mass is 233 g/mol. The van der Waals surface area contributed by atoms with E-state index in [0.29, 0.717) is 17.4 Å². The molecule has 0 amide bonds. The van der Waals surface area contributed by atoms with Gasteiger partial charge in [-0.25, -0.2) is 0 Å². The second-order valence-corrected chi connectivity index (χ2v) is 4.73. The van der Waals surface area contributed by atoms with Crippen LogP contribution in [-0.2, 0) is 12.6 Å². The van der Waals surface area contributed by atoms with Crippen LogP contribution in [0.5, 0.6) is 0 Å². The minimum Gasteiger partial charge on any atom is -0.332 e. The molecule has 0 spiro atoms. The molecule has 0 bridgehead atoms. The average Bonchev–Trinajstić information content (AvgIpc) is 2.84. The van der Waals surface area contributed by atoms with Crippen LogP contribution in [0.4, 0.5) is 0 Å². The summed E-state index contributed by atoms with van der Waals surface area (Å²) in [6, 6.07) is 1.92. The van der Waals surface area contributed by atoms with Gasteiger partial charge in [0, 0.05) is 12.7 Å². The van der Waals surface area contributed by atoms with Gasteiger partial charge < -0.3 is 10.3 Å². The number of rotatable bonds is 2. The molecular weight excluding hydrogens is 218 g/mol. The van der Waals surface area contributed by atoms with Gasteiger partial charge in [0.15, 0.2) is 11.5 Å². The van der Waals surface area contributed by atoms with Gasteiger partial charge in [-0.05, 0) is 32.3 Å². The molecule has 17 heavy (non-hydrogen) atoms. The number of nitrogens with zero attached hydrogens (tertiary/aromatic N) is 4. The highest BCUT2D eigenvalue weighted by molar-refractivity contribution is 5.47. The Labute approximate surface area is 98.8 Å². The van der Waals surface area contributed by atoms with Crippen molar-refractivity contribution in [2.75, 3.05) is 0 Å². The second-order valence-electron chi connectivity index (χ2n) is 4.73. The third-order valence-electron chi connectivity index (χ3n) is 3.45. The lowest BCUT2D eigenvalue weighted by molar-refractivity contribution is 0.229. The summed E-state index contributed by atoms with van der Waals surface area (Å²) in [7, 11) is 1.88. The van der Waals surface area contributed by atoms with E-state index in [9.17, 15) is 0 Å². The van der Waals surface area contributed by atoms with E-state index in [4.69, 9.17) is 10.3 Å². The van der Waals surface area contributed by atoms with Crippen molar-refractivity contribution in [2.45, 2.75) is 31.7 Å². The summed E-state index contributed by atoms with van der Waals surface area (Å²) >= 11 is 0. The molecule has 1 aliphatic rings. The lowest BCUT2D eigenvalue weighted by Gasteiger charge is -2.34. The standard InChI is InChI=1S/C11H15N5O/c1-7-6-8(14-16(7)2)9-13-10(15-17-9)11(12)4-3-5-11/h6H,3-5,12H2,1-2H3. The Morgan fingerprint density at radius 2 is 2.24 bits per heavy atom. The number of aryl methyl sites for hydroxylation is 2. The maximum Gasteiger partial charge on any atom is 0.278 e. The highest BCUT2D eigenvalue weighted by Gasteiger charge is 2.39. The fourth-order valence-electron chi connectivity index (χ4n) is 1.98. The molecule has 2 aromatic rings. The molecule has 6 nitrogen and oxygen atoms in total. The smallest absolute Gasteiger partial charge is 0.278 e. The van der Waals surface area contributed by atoms with Crippen LogP contribution < -0.4 is 5.73 Å². The fourth-order valence-corrected chi connectivity index (χ4v) is 1.98. The van der Waals surface area contributed by atoms with Gasteiger partial charge in [-0.1, -0.05) is 5.16 Å². The van der Waals surface area contributed by atoms with Gasteiger partial charge in [-0.15, -0.1) is 0 Å². The zero-order valence-electron chi connectivity index (χ0n) is 9.97. The summed E-state index contributed by atoms with van der Waals surface area (Å²) in [5.74, 6) is 1.04. The summed E-state index contributed by atoms with van der Waals surface area (Å²) in [5.41, 5.74) is 7.50. The number of hydrogen-bond donors (Lipinski definition) is 1. The van der Waals surface area contributed by atoms with Crippen molar-refractivity contribution in [1.82, 2.24) is 19.9 Å². The van der Waals surface area contributed by atoms with Crippen molar-refractivity contribution < 1.29 is 4.52 Å². The Hall–Kier alpha value is -1.69. The third-order valence-corrected chi connectivity index (χ3v) is 3.45. The van der Waals surface area contributed by atoms with Crippen LogP contribution >= 0.6 is 0 Å². The highest BCUT2D eigenvalue weighted by atomic mass is 16.5. The first kappa shape index (κ1) is 10.5. The first-order valence-electron chi connectivity index (χ1n) is 5.73. The molecule has 1 aliphatic carbocycles. The number of hydrogen-bond acceptors (Lipinski definition) is 5. The van der Waals surface area contributed by atoms with Crippen LogP contribution in [0, 0.1) is 6.92 Å². The van der Waals surface area contributed by atoms with E-state index in [1.807, 2.05) is 20.0 Å².